The van der Waals surface area contributed by atoms with Crippen molar-refractivity contribution in [2.24, 2.45) is 11.8 Å². The van der Waals surface area contributed by atoms with Gasteiger partial charge < -0.3 is 5.32 Å². The van der Waals surface area contributed by atoms with Gasteiger partial charge in [0, 0.05) is 17.6 Å². The zero-order chi connectivity index (χ0) is 12.2. The molecule has 1 heterocycles. The SMILES string of the molecule is c1nnsc1NC1CCCCC1C1CCCCC1. The van der Waals surface area contributed by atoms with E-state index in [1.807, 2.05) is 6.20 Å². The van der Waals surface area contributed by atoms with E-state index in [0.29, 0.717) is 6.04 Å². The van der Waals surface area contributed by atoms with Gasteiger partial charge >= 0.3 is 0 Å². The van der Waals surface area contributed by atoms with Crippen molar-refractivity contribution < 1.29 is 0 Å². The quantitative estimate of drug-likeness (QED) is 0.894. The number of nitrogens with one attached hydrogen (secondary N) is 1. The lowest BCUT2D eigenvalue weighted by Gasteiger charge is -2.39. The smallest absolute Gasteiger partial charge is 0.130 e. The second-order valence-electron chi connectivity index (χ2n) is 5.88. The van der Waals surface area contributed by atoms with Crippen molar-refractivity contribution in [1.82, 2.24) is 9.59 Å². The van der Waals surface area contributed by atoms with Gasteiger partial charge in [-0.1, -0.05) is 49.4 Å². The van der Waals surface area contributed by atoms with E-state index in [0.717, 1.165) is 16.8 Å². The summed E-state index contributed by atoms with van der Waals surface area (Å²) in [5.41, 5.74) is 0. The molecule has 2 unspecified atom stereocenters. The maximum absolute atomic E-state index is 3.95. The molecule has 2 fully saturated rings. The average molecular weight is 265 g/mol. The molecule has 2 atom stereocenters. The molecule has 2 saturated carbocycles. The van der Waals surface area contributed by atoms with Gasteiger partial charge in [-0.3, -0.25) is 0 Å². The lowest BCUT2D eigenvalue weighted by molar-refractivity contribution is 0.181. The molecule has 18 heavy (non-hydrogen) atoms. The highest BCUT2D eigenvalue weighted by atomic mass is 32.1. The second kappa shape index (κ2) is 6.00. The number of nitrogens with zero attached hydrogens (tertiary/aromatic N) is 2. The fourth-order valence-corrected chi connectivity index (χ4v) is 4.36. The Morgan fingerprint density at radius 2 is 1.78 bits per heavy atom. The van der Waals surface area contributed by atoms with Crippen LogP contribution in [0.3, 0.4) is 0 Å². The Morgan fingerprint density at radius 3 is 2.56 bits per heavy atom. The molecule has 0 amide bonds. The van der Waals surface area contributed by atoms with E-state index in [1.54, 1.807) is 0 Å². The van der Waals surface area contributed by atoms with Gasteiger partial charge in [0.1, 0.15) is 5.00 Å². The lowest BCUT2D eigenvalue weighted by atomic mass is 9.71. The van der Waals surface area contributed by atoms with Crippen LogP contribution < -0.4 is 5.32 Å². The Balaban J connectivity index is 1.65. The zero-order valence-corrected chi connectivity index (χ0v) is 11.8. The summed E-state index contributed by atoms with van der Waals surface area (Å²) in [5.74, 6) is 1.86. The van der Waals surface area contributed by atoms with Crippen molar-refractivity contribution in [2.75, 3.05) is 5.32 Å². The maximum atomic E-state index is 3.95. The molecule has 3 rings (SSSR count). The summed E-state index contributed by atoms with van der Waals surface area (Å²) >= 11 is 1.49. The number of rotatable bonds is 3. The first-order valence-electron chi connectivity index (χ1n) is 7.47. The highest BCUT2D eigenvalue weighted by Gasteiger charge is 2.32. The molecule has 0 saturated heterocycles. The third-order valence-corrected chi connectivity index (χ3v) is 5.36. The Hall–Kier alpha value is -0.640. The van der Waals surface area contributed by atoms with Crippen LogP contribution in [0, 0.1) is 11.8 Å². The van der Waals surface area contributed by atoms with Crippen LogP contribution >= 0.6 is 11.5 Å². The highest BCUT2D eigenvalue weighted by molar-refractivity contribution is 7.09. The normalized spacial score (nSPS) is 30.2. The van der Waals surface area contributed by atoms with E-state index in [9.17, 15) is 0 Å². The Labute approximate surface area is 114 Å². The van der Waals surface area contributed by atoms with Gasteiger partial charge in [-0.25, -0.2) is 0 Å². The van der Waals surface area contributed by atoms with Gasteiger partial charge in [-0.05, 0) is 24.7 Å². The minimum Gasteiger partial charge on any atom is -0.371 e. The highest BCUT2D eigenvalue weighted by Crippen LogP contribution is 2.39. The average Bonchev–Trinajstić information content (AvgIpc) is 2.93. The third-order valence-electron chi connectivity index (χ3n) is 4.76. The van der Waals surface area contributed by atoms with Gasteiger partial charge in [-0.15, -0.1) is 5.10 Å². The first-order chi connectivity index (χ1) is 8.93. The Bertz CT molecular complexity index is 346. The zero-order valence-electron chi connectivity index (χ0n) is 11.0. The first kappa shape index (κ1) is 12.4. The predicted molar refractivity (Wildman–Crippen MR) is 75.9 cm³/mol. The number of hydrogen-bond acceptors (Lipinski definition) is 4. The molecular formula is C14H23N3S. The van der Waals surface area contributed by atoms with Crippen molar-refractivity contribution >= 4 is 16.5 Å². The molecule has 0 radical (unpaired) electrons. The number of hydrogen-bond donors (Lipinski definition) is 1. The van der Waals surface area contributed by atoms with Crippen molar-refractivity contribution in [2.45, 2.75) is 63.8 Å². The van der Waals surface area contributed by atoms with Crippen LogP contribution in [0.1, 0.15) is 57.8 Å². The van der Waals surface area contributed by atoms with Crippen LogP contribution in [0.2, 0.25) is 0 Å². The summed E-state index contributed by atoms with van der Waals surface area (Å²) < 4.78 is 3.95. The van der Waals surface area contributed by atoms with Crippen LogP contribution in [0.5, 0.6) is 0 Å². The molecule has 100 valence electrons. The fraction of sp³-hybridized carbons (Fsp3) is 0.857. The van der Waals surface area contributed by atoms with E-state index in [2.05, 4.69) is 14.9 Å². The summed E-state index contributed by atoms with van der Waals surface area (Å²) in [4.78, 5) is 0. The summed E-state index contributed by atoms with van der Waals surface area (Å²) in [6, 6.07) is 0.670. The largest absolute Gasteiger partial charge is 0.371 e. The maximum Gasteiger partial charge on any atom is 0.130 e. The fourth-order valence-electron chi connectivity index (χ4n) is 3.88. The van der Waals surface area contributed by atoms with E-state index < -0.39 is 0 Å². The predicted octanol–water partition coefficient (Wildman–Crippen LogP) is 4.09. The van der Waals surface area contributed by atoms with Crippen molar-refractivity contribution in [3.8, 4) is 0 Å². The van der Waals surface area contributed by atoms with Gasteiger partial charge in [0.25, 0.3) is 0 Å². The number of aromatic nitrogens is 2. The number of anilines is 1. The molecule has 1 N–H and O–H groups in total. The monoisotopic (exact) mass is 265 g/mol. The molecule has 2 aliphatic carbocycles. The Kier molecular flexibility index (Phi) is 4.13. The summed E-state index contributed by atoms with van der Waals surface area (Å²) in [5, 5.41) is 8.79. The van der Waals surface area contributed by atoms with Gasteiger partial charge in [-0.2, -0.15) is 0 Å². The van der Waals surface area contributed by atoms with Crippen molar-refractivity contribution in [3.05, 3.63) is 6.20 Å². The first-order valence-corrected chi connectivity index (χ1v) is 8.25. The topological polar surface area (TPSA) is 37.8 Å². The van der Waals surface area contributed by atoms with Crippen molar-refractivity contribution in [1.29, 1.82) is 0 Å². The molecule has 4 heteroatoms. The van der Waals surface area contributed by atoms with Gasteiger partial charge in [0.05, 0.1) is 6.20 Å². The second-order valence-corrected chi connectivity index (χ2v) is 6.66. The van der Waals surface area contributed by atoms with Crippen LogP contribution in [0.15, 0.2) is 6.20 Å². The van der Waals surface area contributed by atoms with Crippen LogP contribution in [0.4, 0.5) is 5.00 Å². The lowest BCUT2D eigenvalue weighted by Crippen LogP contribution is -2.37. The minimum absolute atomic E-state index is 0.670. The van der Waals surface area contributed by atoms with Crippen LogP contribution in [-0.2, 0) is 0 Å². The van der Waals surface area contributed by atoms with Crippen molar-refractivity contribution in [3.63, 3.8) is 0 Å². The van der Waals surface area contributed by atoms with Crippen LogP contribution in [-0.4, -0.2) is 15.6 Å². The molecule has 0 aromatic carbocycles. The molecule has 2 aliphatic rings. The third kappa shape index (κ3) is 2.85. The standard InChI is InChI=1S/C14H23N3S/c1-2-6-11(7-3-1)12-8-4-5-9-13(12)16-14-10-15-17-18-14/h10-13,16H,1-9H2. The molecule has 3 nitrogen and oxygen atoms in total. The van der Waals surface area contributed by atoms with E-state index in [1.165, 1.54) is 69.3 Å². The van der Waals surface area contributed by atoms with Crippen LogP contribution in [0.25, 0.3) is 0 Å². The Morgan fingerprint density at radius 1 is 1.00 bits per heavy atom. The minimum atomic E-state index is 0.670. The summed E-state index contributed by atoms with van der Waals surface area (Å²) in [6.45, 7) is 0. The van der Waals surface area contributed by atoms with E-state index in [-0.39, 0.29) is 0 Å². The molecular weight excluding hydrogens is 242 g/mol. The van der Waals surface area contributed by atoms with Gasteiger partial charge in [0.15, 0.2) is 0 Å². The molecule has 1 aromatic heterocycles. The van der Waals surface area contributed by atoms with E-state index in [4.69, 9.17) is 0 Å². The molecule has 0 spiro atoms. The summed E-state index contributed by atoms with van der Waals surface area (Å²) in [7, 11) is 0. The molecule has 0 aliphatic heterocycles. The molecule has 1 aromatic rings. The summed E-state index contributed by atoms with van der Waals surface area (Å²) in [6.07, 6.45) is 14.7. The molecule has 0 bridgehead atoms. The van der Waals surface area contributed by atoms with Gasteiger partial charge in [0.2, 0.25) is 0 Å². The van der Waals surface area contributed by atoms with E-state index >= 15 is 0 Å².